The number of nitrogens with zero attached hydrogens (tertiary/aromatic N) is 3. The fourth-order valence-electron chi connectivity index (χ4n) is 2.47. The van der Waals surface area contributed by atoms with Crippen LogP contribution < -0.4 is 0 Å². The summed E-state index contributed by atoms with van der Waals surface area (Å²) in [5.41, 5.74) is 0.897. The molecule has 0 aliphatic carbocycles. The predicted octanol–water partition coefficient (Wildman–Crippen LogP) is 2.42. The highest BCUT2D eigenvalue weighted by atomic mass is 16.4. The van der Waals surface area contributed by atoms with Crippen molar-refractivity contribution in [2.45, 2.75) is 25.8 Å². The van der Waals surface area contributed by atoms with Crippen LogP contribution in [0.4, 0.5) is 0 Å². The van der Waals surface area contributed by atoms with Crippen LogP contribution in [-0.4, -0.2) is 27.5 Å². The molecule has 98 valence electrons. The number of carbonyl (C=O) groups is 1. The summed E-state index contributed by atoms with van der Waals surface area (Å²) in [6, 6.07) is 9.58. The molecule has 1 aliphatic heterocycles. The molecule has 0 bridgehead atoms. The van der Waals surface area contributed by atoms with E-state index in [9.17, 15) is 4.79 Å². The number of amides is 1. The second kappa shape index (κ2) is 4.84. The summed E-state index contributed by atoms with van der Waals surface area (Å²) in [7, 11) is 0. The lowest BCUT2D eigenvalue weighted by atomic mass is 10.2. The van der Waals surface area contributed by atoms with Crippen molar-refractivity contribution in [2.24, 2.45) is 0 Å². The average Bonchev–Trinajstić information content (AvgIpc) is 3.08. The molecule has 1 fully saturated rings. The van der Waals surface area contributed by atoms with Gasteiger partial charge >= 0.3 is 0 Å². The van der Waals surface area contributed by atoms with E-state index in [1.165, 1.54) is 0 Å². The largest absolute Gasteiger partial charge is 0.418 e. The first-order valence-corrected chi connectivity index (χ1v) is 6.42. The van der Waals surface area contributed by atoms with Crippen molar-refractivity contribution in [2.75, 3.05) is 6.54 Å². The maximum Gasteiger partial charge on any atom is 0.247 e. The molecule has 3 rings (SSSR count). The molecule has 1 aromatic carbocycles. The zero-order valence-corrected chi connectivity index (χ0v) is 10.7. The SMILES string of the molecule is CC(=O)N1CCCC1c1nnc(-c2ccccc2)o1. The highest BCUT2D eigenvalue weighted by Gasteiger charge is 2.32. The summed E-state index contributed by atoms with van der Waals surface area (Å²) in [4.78, 5) is 13.3. The van der Waals surface area contributed by atoms with Crippen molar-refractivity contribution in [3.8, 4) is 11.5 Å². The van der Waals surface area contributed by atoms with Crippen LogP contribution in [0.1, 0.15) is 31.7 Å². The van der Waals surface area contributed by atoms with Crippen LogP contribution in [0, 0.1) is 0 Å². The Labute approximate surface area is 111 Å². The minimum atomic E-state index is -0.0672. The molecule has 1 aromatic heterocycles. The van der Waals surface area contributed by atoms with Gasteiger partial charge in [0.1, 0.15) is 6.04 Å². The Hall–Kier alpha value is -2.17. The van der Waals surface area contributed by atoms with Crippen LogP contribution in [0.15, 0.2) is 34.7 Å². The molecule has 5 heteroatoms. The fourth-order valence-corrected chi connectivity index (χ4v) is 2.47. The lowest BCUT2D eigenvalue weighted by Gasteiger charge is -2.19. The molecule has 2 heterocycles. The quantitative estimate of drug-likeness (QED) is 0.829. The summed E-state index contributed by atoms with van der Waals surface area (Å²) in [6.07, 6.45) is 1.86. The van der Waals surface area contributed by atoms with Crippen molar-refractivity contribution >= 4 is 5.91 Å². The van der Waals surface area contributed by atoms with Gasteiger partial charge in [-0.1, -0.05) is 18.2 Å². The maximum absolute atomic E-state index is 11.5. The topological polar surface area (TPSA) is 59.2 Å². The second-order valence-corrected chi connectivity index (χ2v) is 4.68. The second-order valence-electron chi connectivity index (χ2n) is 4.68. The van der Waals surface area contributed by atoms with Gasteiger partial charge in [-0.05, 0) is 25.0 Å². The number of carbonyl (C=O) groups excluding carboxylic acids is 1. The Balaban J connectivity index is 1.87. The monoisotopic (exact) mass is 257 g/mol. The number of benzene rings is 1. The third-order valence-electron chi connectivity index (χ3n) is 3.40. The maximum atomic E-state index is 11.5. The molecular formula is C14H15N3O2. The normalized spacial score (nSPS) is 18.8. The van der Waals surface area contributed by atoms with Crippen molar-refractivity contribution in [1.29, 1.82) is 0 Å². The highest BCUT2D eigenvalue weighted by molar-refractivity contribution is 5.74. The van der Waals surface area contributed by atoms with E-state index in [0.717, 1.165) is 24.9 Å². The molecule has 1 aliphatic rings. The van der Waals surface area contributed by atoms with E-state index in [2.05, 4.69) is 10.2 Å². The van der Waals surface area contributed by atoms with E-state index in [-0.39, 0.29) is 11.9 Å². The van der Waals surface area contributed by atoms with Gasteiger partial charge in [0.2, 0.25) is 17.7 Å². The summed E-state index contributed by atoms with van der Waals surface area (Å²) in [6.45, 7) is 2.34. The van der Waals surface area contributed by atoms with Gasteiger partial charge in [0.15, 0.2) is 0 Å². The minimum absolute atomic E-state index is 0.0574. The molecule has 0 N–H and O–H groups in total. The Kier molecular flexibility index (Phi) is 3.03. The summed E-state index contributed by atoms with van der Waals surface area (Å²) < 4.78 is 5.72. The Morgan fingerprint density at radius 3 is 2.84 bits per heavy atom. The first-order valence-electron chi connectivity index (χ1n) is 6.42. The van der Waals surface area contributed by atoms with Gasteiger partial charge in [0, 0.05) is 19.0 Å². The van der Waals surface area contributed by atoms with Crippen molar-refractivity contribution in [3.63, 3.8) is 0 Å². The van der Waals surface area contributed by atoms with E-state index < -0.39 is 0 Å². The number of rotatable bonds is 2. The fraction of sp³-hybridized carbons (Fsp3) is 0.357. The van der Waals surface area contributed by atoms with E-state index in [1.54, 1.807) is 11.8 Å². The van der Waals surface area contributed by atoms with Crippen LogP contribution in [-0.2, 0) is 4.79 Å². The summed E-state index contributed by atoms with van der Waals surface area (Å²) in [5, 5.41) is 8.17. The zero-order valence-electron chi connectivity index (χ0n) is 10.7. The van der Waals surface area contributed by atoms with Crippen LogP contribution >= 0.6 is 0 Å². The molecule has 1 unspecified atom stereocenters. The molecule has 0 radical (unpaired) electrons. The third kappa shape index (κ3) is 2.23. The summed E-state index contributed by atoms with van der Waals surface area (Å²) in [5.74, 6) is 1.10. The average molecular weight is 257 g/mol. The molecular weight excluding hydrogens is 242 g/mol. The molecule has 0 saturated carbocycles. The number of aromatic nitrogens is 2. The van der Waals surface area contributed by atoms with E-state index in [4.69, 9.17) is 4.42 Å². The van der Waals surface area contributed by atoms with Crippen LogP contribution in [0.5, 0.6) is 0 Å². The van der Waals surface area contributed by atoms with Crippen LogP contribution in [0.25, 0.3) is 11.5 Å². The number of hydrogen-bond acceptors (Lipinski definition) is 4. The van der Waals surface area contributed by atoms with Gasteiger partial charge in [-0.25, -0.2) is 0 Å². The molecule has 1 amide bonds. The minimum Gasteiger partial charge on any atom is -0.418 e. The van der Waals surface area contributed by atoms with Crippen molar-refractivity contribution < 1.29 is 9.21 Å². The Bertz CT molecular complexity index is 579. The Morgan fingerprint density at radius 1 is 1.32 bits per heavy atom. The molecule has 1 saturated heterocycles. The van der Waals surface area contributed by atoms with Gasteiger partial charge < -0.3 is 9.32 Å². The molecule has 0 spiro atoms. The van der Waals surface area contributed by atoms with Gasteiger partial charge in [-0.15, -0.1) is 10.2 Å². The molecule has 2 aromatic rings. The highest BCUT2D eigenvalue weighted by Crippen LogP contribution is 2.32. The summed E-state index contributed by atoms with van der Waals surface area (Å²) >= 11 is 0. The van der Waals surface area contributed by atoms with Crippen LogP contribution in [0.2, 0.25) is 0 Å². The number of likely N-dealkylation sites (tertiary alicyclic amines) is 1. The lowest BCUT2D eigenvalue weighted by Crippen LogP contribution is -2.28. The van der Waals surface area contributed by atoms with E-state index in [0.29, 0.717) is 11.8 Å². The smallest absolute Gasteiger partial charge is 0.247 e. The predicted molar refractivity (Wildman–Crippen MR) is 69.1 cm³/mol. The first kappa shape index (κ1) is 11.9. The molecule has 5 nitrogen and oxygen atoms in total. The van der Waals surface area contributed by atoms with Gasteiger partial charge in [-0.3, -0.25) is 4.79 Å². The van der Waals surface area contributed by atoms with Crippen molar-refractivity contribution in [1.82, 2.24) is 15.1 Å². The molecule has 19 heavy (non-hydrogen) atoms. The van der Waals surface area contributed by atoms with E-state index in [1.807, 2.05) is 30.3 Å². The standard InChI is InChI=1S/C14H15N3O2/c1-10(18)17-9-5-8-12(17)14-16-15-13(19-14)11-6-3-2-4-7-11/h2-4,6-7,12H,5,8-9H2,1H3. The van der Waals surface area contributed by atoms with Gasteiger partial charge in [0.25, 0.3) is 0 Å². The Morgan fingerprint density at radius 2 is 2.11 bits per heavy atom. The van der Waals surface area contributed by atoms with Crippen LogP contribution in [0.3, 0.4) is 0 Å². The third-order valence-corrected chi connectivity index (χ3v) is 3.40. The van der Waals surface area contributed by atoms with E-state index >= 15 is 0 Å². The van der Waals surface area contributed by atoms with Crippen molar-refractivity contribution in [3.05, 3.63) is 36.2 Å². The zero-order chi connectivity index (χ0) is 13.2. The molecule has 1 atom stereocenters. The lowest BCUT2D eigenvalue weighted by molar-refractivity contribution is -0.130. The first-order chi connectivity index (χ1) is 9.25. The van der Waals surface area contributed by atoms with Gasteiger partial charge in [0.05, 0.1) is 0 Å². The number of hydrogen-bond donors (Lipinski definition) is 0. The van der Waals surface area contributed by atoms with Gasteiger partial charge in [-0.2, -0.15) is 0 Å².